The predicted molar refractivity (Wildman–Crippen MR) is 128 cm³/mol. The van der Waals surface area contributed by atoms with Crippen LogP contribution in [0.25, 0.3) is 16.9 Å². The highest BCUT2D eigenvalue weighted by Crippen LogP contribution is 2.28. The lowest BCUT2D eigenvalue weighted by Gasteiger charge is -2.14. The van der Waals surface area contributed by atoms with Crippen LogP contribution in [-0.2, 0) is 6.42 Å². The van der Waals surface area contributed by atoms with E-state index in [-0.39, 0.29) is 11.8 Å². The van der Waals surface area contributed by atoms with E-state index in [2.05, 4.69) is 24.1 Å². The number of ether oxygens (including phenoxy) is 2. The van der Waals surface area contributed by atoms with Crippen LogP contribution in [0.2, 0.25) is 0 Å². The van der Waals surface area contributed by atoms with E-state index in [1.165, 1.54) is 0 Å². The molecule has 0 spiro atoms. The fourth-order valence-electron chi connectivity index (χ4n) is 3.88. The monoisotopic (exact) mass is 444 g/mol. The molecular formula is C26H28N4O3. The number of amides is 1. The summed E-state index contributed by atoms with van der Waals surface area (Å²) >= 11 is 0. The van der Waals surface area contributed by atoms with Crippen molar-refractivity contribution in [1.82, 2.24) is 19.9 Å². The van der Waals surface area contributed by atoms with E-state index in [1.807, 2.05) is 54.6 Å². The number of nitrogens with zero attached hydrogens (tertiary/aromatic N) is 3. The maximum absolute atomic E-state index is 13.1. The normalized spacial score (nSPS) is 11.1. The van der Waals surface area contributed by atoms with Gasteiger partial charge in [0.05, 0.1) is 31.2 Å². The summed E-state index contributed by atoms with van der Waals surface area (Å²) in [5, 5.41) is 7.78. The van der Waals surface area contributed by atoms with E-state index in [0.717, 1.165) is 28.2 Å². The molecule has 7 heteroatoms. The van der Waals surface area contributed by atoms with Crippen LogP contribution in [0.3, 0.4) is 0 Å². The highest BCUT2D eigenvalue weighted by Gasteiger charge is 2.20. The number of carbonyl (C=O) groups is 1. The number of hydrogen-bond acceptors (Lipinski definition) is 5. The number of rotatable bonds is 8. The van der Waals surface area contributed by atoms with E-state index >= 15 is 0 Å². The van der Waals surface area contributed by atoms with Crippen LogP contribution in [0.4, 0.5) is 0 Å². The van der Waals surface area contributed by atoms with E-state index in [0.29, 0.717) is 30.0 Å². The van der Waals surface area contributed by atoms with Gasteiger partial charge in [0, 0.05) is 24.4 Å². The van der Waals surface area contributed by atoms with Crippen molar-refractivity contribution in [2.75, 3.05) is 20.8 Å². The first-order valence-electron chi connectivity index (χ1n) is 10.9. The fraction of sp³-hybridized carbons (Fsp3) is 0.269. The Labute approximate surface area is 193 Å². The second-order valence-electron chi connectivity index (χ2n) is 8.07. The van der Waals surface area contributed by atoms with Crippen LogP contribution >= 0.6 is 0 Å². The van der Waals surface area contributed by atoms with Crippen molar-refractivity contribution >= 4 is 11.6 Å². The quantitative estimate of drug-likeness (QED) is 0.433. The van der Waals surface area contributed by atoms with Gasteiger partial charge in [0.15, 0.2) is 17.1 Å². The summed E-state index contributed by atoms with van der Waals surface area (Å²) < 4.78 is 12.4. The first kappa shape index (κ1) is 22.3. The highest BCUT2D eigenvalue weighted by atomic mass is 16.5. The van der Waals surface area contributed by atoms with Crippen molar-refractivity contribution in [3.8, 4) is 22.8 Å². The molecule has 2 aromatic heterocycles. The van der Waals surface area contributed by atoms with Crippen LogP contribution < -0.4 is 14.8 Å². The first-order chi connectivity index (χ1) is 16.0. The smallest absolute Gasteiger partial charge is 0.254 e. The van der Waals surface area contributed by atoms with Gasteiger partial charge >= 0.3 is 0 Å². The number of hydrogen-bond donors (Lipinski definition) is 1. The molecule has 0 unspecified atom stereocenters. The van der Waals surface area contributed by atoms with Gasteiger partial charge in [0.2, 0.25) is 0 Å². The number of aromatic nitrogens is 3. The second-order valence-corrected chi connectivity index (χ2v) is 8.07. The summed E-state index contributed by atoms with van der Waals surface area (Å²) in [4.78, 5) is 17.6. The molecule has 4 rings (SSSR count). The minimum Gasteiger partial charge on any atom is -0.493 e. The van der Waals surface area contributed by atoms with Gasteiger partial charge in [-0.3, -0.25) is 4.79 Å². The van der Waals surface area contributed by atoms with Gasteiger partial charge in [0.1, 0.15) is 0 Å². The van der Waals surface area contributed by atoms with Gasteiger partial charge in [-0.05, 0) is 30.0 Å². The molecule has 0 saturated heterocycles. The Hall–Kier alpha value is -3.87. The van der Waals surface area contributed by atoms with Crippen molar-refractivity contribution in [2.45, 2.75) is 26.2 Å². The lowest BCUT2D eigenvalue weighted by Crippen LogP contribution is -2.28. The molecule has 0 radical (unpaired) electrons. The summed E-state index contributed by atoms with van der Waals surface area (Å²) in [6, 6.07) is 17.7. The van der Waals surface area contributed by atoms with Crippen LogP contribution in [0.1, 0.15) is 41.4 Å². The third kappa shape index (κ3) is 4.67. The summed E-state index contributed by atoms with van der Waals surface area (Å²) in [5.41, 5.74) is 4.98. The van der Waals surface area contributed by atoms with Crippen molar-refractivity contribution < 1.29 is 14.3 Å². The molecule has 1 amide bonds. The van der Waals surface area contributed by atoms with Gasteiger partial charge in [-0.2, -0.15) is 5.10 Å². The maximum Gasteiger partial charge on any atom is 0.254 e. The Balaban J connectivity index is 1.54. The summed E-state index contributed by atoms with van der Waals surface area (Å²) in [6.45, 7) is 4.59. The van der Waals surface area contributed by atoms with E-state index < -0.39 is 0 Å². The molecule has 0 aliphatic heterocycles. The summed E-state index contributed by atoms with van der Waals surface area (Å²) in [5.74, 6) is 1.28. The van der Waals surface area contributed by atoms with Gasteiger partial charge in [-0.15, -0.1) is 0 Å². The zero-order chi connectivity index (χ0) is 23.4. The molecule has 0 aliphatic rings. The highest BCUT2D eigenvalue weighted by molar-refractivity contribution is 5.95. The third-order valence-electron chi connectivity index (χ3n) is 5.53. The minimum atomic E-state index is -0.162. The average molecular weight is 445 g/mol. The average Bonchev–Trinajstić information content (AvgIpc) is 3.28. The number of nitrogens with one attached hydrogen (secondary N) is 1. The molecule has 2 heterocycles. The zero-order valence-electron chi connectivity index (χ0n) is 19.3. The van der Waals surface area contributed by atoms with Crippen LogP contribution in [-0.4, -0.2) is 41.3 Å². The van der Waals surface area contributed by atoms with Gasteiger partial charge in [-0.1, -0.05) is 50.2 Å². The van der Waals surface area contributed by atoms with Crippen LogP contribution in [0, 0.1) is 0 Å². The predicted octanol–water partition coefficient (Wildman–Crippen LogP) is 4.51. The minimum absolute atomic E-state index is 0.0885. The molecule has 0 fully saturated rings. The Bertz CT molecular complexity index is 1270. The summed E-state index contributed by atoms with van der Waals surface area (Å²) in [7, 11) is 3.22. The zero-order valence-corrected chi connectivity index (χ0v) is 19.3. The summed E-state index contributed by atoms with van der Waals surface area (Å²) in [6.07, 6.45) is 2.31. The Morgan fingerprint density at radius 2 is 1.79 bits per heavy atom. The fourth-order valence-corrected chi connectivity index (χ4v) is 3.88. The number of fused-ring (bicyclic) bond motifs is 1. The van der Waals surface area contributed by atoms with Gasteiger partial charge in [-0.25, -0.2) is 9.50 Å². The molecule has 0 bridgehead atoms. The second kappa shape index (κ2) is 9.73. The van der Waals surface area contributed by atoms with Gasteiger partial charge < -0.3 is 14.8 Å². The first-order valence-corrected chi connectivity index (χ1v) is 10.9. The standard InChI is InChI=1S/C26H28N4O3/c1-17(2)25-20(16-28-24-15-21(29-30(24)25)19-8-6-5-7-9-19)26(31)27-13-12-18-10-11-22(32-3)23(14-18)33-4/h5-11,14-17H,12-13H2,1-4H3,(H,27,31). The topological polar surface area (TPSA) is 77.8 Å². The molecule has 0 atom stereocenters. The molecule has 2 aromatic carbocycles. The van der Waals surface area contributed by atoms with E-state index in [4.69, 9.17) is 14.6 Å². The lowest BCUT2D eigenvalue weighted by atomic mass is 10.0. The maximum atomic E-state index is 13.1. The van der Waals surface area contributed by atoms with E-state index in [9.17, 15) is 4.79 Å². The van der Waals surface area contributed by atoms with Crippen LogP contribution in [0.5, 0.6) is 11.5 Å². The van der Waals surface area contributed by atoms with Crippen molar-refractivity contribution in [3.63, 3.8) is 0 Å². The van der Waals surface area contributed by atoms with Crippen molar-refractivity contribution in [3.05, 3.63) is 77.6 Å². The number of methoxy groups -OCH3 is 2. The molecule has 0 saturated carbocycles. The number of benzene rings is 2. The molecule has 7 nitrogen and oxygen atoms in total. The van der Waals surface area contributed by atoms with Crippen LogP contribution in [0.15, 0.2) is 60.8 Å². The molecule has 0 aliphatic carbocycles. The molecule has 1 N–H and O–H groups in total. The molecule has 4 aromatic rings. The van der Waals surface area contributed by atoms with Gasteiger partial charge in [0.25, 0.3) is 5.91 Å². The lowest BCUT2D eigenvalue weighted by molar-refractivity contribution is 0.0951. The Morgan fingerprint density at radius 1 is 1.03 bits per heavy atom. The number of carbonyl (C=O) groups excluding carboxylic acids is 1. The van der Waals surface area contributed by atoms with Crippen molar-refractivity contribution in [1.29, 1.82) is 0 Å². The molecule has 33 heavy (non-hydrogen) atoms. The molecule has 170 valence electrons. The largest absolute Gasteiger partial charge is 0.493 e. The Kier molecular flexibility index (Phi) is 6.58. The SMILES string of the molecule is COc1ccc(CCNC(=O)c2cnc3cc(-c4ccccc4)nn3c2C(C)C)cc1OC. The third-order valence-corrected chi connectivity index (χ3v) is 5.53. The Morgan fingerprint density at radius 3 is 2.48 bits per heavy atom. The molecular weight excluding hydrogens is 416 g/mol. The van der Waals surface area contributed by atoms with E-state index in [1.54, 1.807) is 24.9 Å². The van der Waals surface area contributed by atoms with Crippen molar-refractivity contribution in [2.24, 2.45) is 0 Å².